The fourth-order valence-corrected chi connectivity index (χ4v) is 2.51. The van der Waals surface area contributed by atoms with Gasteiger partial charge in [0.05, 0.1) is 6.10 Å². The maximum Gasteiger partial charge on any atom is 0.336 e. The summed E-state index contributed by atoms with van der Waals surface area (Å²) in [6.45, 7) is 1.69. The van der Waals surface area contributed by atoms with Gasteiger partial charge in [-0.15, -0.1) is 0 Å². The summed E-state index contributed by atoms with van der Waals surface area (Å²) in [6, 6.07) is 17.1. The molecule has 134 valence electrons. The number of benzene rings is 2. The van der Waals surface area contributed by atoms with Crippen LogP contribution in [0.25, 0.3) is 11.0 Å². The van der Waals surface area contributed by atoms with Crippen LogP contribution in [0.3, 0.4) is 0 Å². The molecule has 0 spiro atoms. The lowest BCUT2D eigenvalue weighted by Gasteiger charge is -2.17. The molecule has 1 aromatic heterocycles. The number of hydrogen-bond acceptors (Lipinski definition) is 5. The number of carbonyl (C=O) groups excluding carboxylic acids is 1. The van der Waals surface area contributed by atoms with Crippen LogP contribution >= 0.6 is 0 Å². The monoisotopic (exact) mass is 353 g/mol. The van der Waals surface area contributed by atoms with Gasteiger partial charge in [-0.05, 0) is 30.7 Å². The molecule has 2 unspecified atom stereocenters. The van der Waals surface area contributed by atoms with Gasteiger partial charge in [-0.3, -0.25) is 4.79 Å². The fourth-order valence-electron chi connectivity index (χ4n) is 2.51. The zero-order valence-electron chi connectivity index (χ0n) is 14.2. The summed E-state index contributed by atoms with van der Waals surface area (Å²) in [4.78, 5) is 23.5. The lowest BCUT2D eigenvalue weighted by molar-refractivity contribution is -0.127. The smallest absolute Gasteiger partial charge is 0.336 e. The molecule has 0 bridgehead atoms. The molecular weight excluding hydrogens is 334 g/mol. The van der Waals surface area contributed by atoms with Gasteiger partial charge >= 0.3 is 5.63 Å². The third-order valence-corrected chi connectivity index (χ3v) is 3.93. The predicted octanol–water partition coefficient (Wildman–Crippen LogP) is 2.41. The minimum absolute atomic E-state index is 0.0865. The van der Waals surface area contributed by atoms with Gasteiger partial charge in [-0.1, -0.05) is 30.3 Å². The Hall–Kier alpha value is -3.12. The average molecular weight is 353 g/mol. The van der Waals surface area contributed by atoms with Crippen molar-refractivity contribution in [2.75, 3.05) is 6.54 Å². The van der Waals surface area contributed by atoms with Crippen molar-refractivity contribution in [3.05, 3.63) is 76.6 Å². The van der Waals surface area contributed by atoms with E-state index in [4.69, 9.17) is 9.15 Å². The number of fused-ring (bicyclic) bond motifs is 1. The number of hydrogen-bond donors (Lipinski definition) is 2. The lowest BCUT2D eigenvalue weighted by Crippen LogP contribution is -2.38. The fraction of sp³-hybridized carbons (Fsp3) is 0.200. The van der Waals surface area contributed by atoms with Crippen molar-refractivity contribution in [2.45, 2.75) is 19.1 Å². The molecule has 0 saturated heterocycles. The molecule has 2 aromatic carbocycles. The van der Waals surface area contributed by atoms with Gasteiger partial charge in [0.1, 0.15) is 11.3 Å². The Morgan fingerprint density at radius 1 is 1.15 bits per heavy atom. The summed E-state index contributed by atoms with van der Waals surface area (Å²) in [5.74, 6) is 0.0627. The maximum absolute atomic E-state index is 12.2. The number of amides is 1. The molecule has 0 saturated carbocycles. The Bertz CT molecular complexity index is 951. The average Bonchev–Trinajstić information content (AvgIpc) is 2.66. The van der Waals surface area contributed by atoms with Gasteiger partial charge < -0.3 is 19.6 Å². The largest absolute Gasteiger partial charge is 0.481 e. The summed E-state index contributed by atoms with van der Waals surface area (Å²) in [6.07, 6.45) is -1.56. The summed E-state index contributed by atoms with van der Waals surface area (Å²) in [5, 5.41) is 13.5. The van der Waals surface area contributed by atoms with Crippen molar-refractivity contribution >= 4 is 16.9 Å². The third kappa shape index (κ3) is 4.29. The number of carbonyl (C=O) groups is 1. The third-order valence-electron chi connectivity index (χ3n) is 3.93. The first-order chi connectivity index (χ1) is 12.5. The van der Waals surface area contributed by atoms with Crippen molar-refractivity contribution in [1.29, 1.82) is 0 Å². The molecule has 0 radical (unpaired) electrons. The number of ether oxygens (including phenoxy) is 1. The first-order valence-corrected chi connectivity index (χ1v) is 8.24. The van der Waals surface area contributed by atoms with Gasteiger partial charge in [-0.2, -0.15) is 0 Å². The Balaban J connectivity index is 1.59. The Kier molecular flexibility index (Phi) is 5.34. The summed E-state index contributed by atoms with van der Waals surface area (Å²) >= 11 is 0. The maximum atomic E-state index is 12.2. The zero-order chi connectivity index (χ0) is 18.5. The van der Waals surface area contributed by atoms with E-state index in [1.54, 1.807) is 43.3 Å². The molecule has 26 heavy (non-hydrogen) atoms. The van der Waals surface area contributed by atoms with E-state index in [-0.39, 0.29) is 12.5 Å². The van der Waals surface area contributed by atoms with E-state index in [1.807, 2.05) is 18.2 Å². The van der Waals surface area contributed by atoms with Crippen LogP contribution in [0.5, 0.6) is 5.75 Å². The van der Waals surface area contributed by atoms with E-state index in [2.05, 4.69) is 5.32 Å². The van der Waals surface area contributed by atoms with Gasteiger partial charge in [0.15, 0.2) is 6.10 Å². The summed E-state index contributed by atoms with van der Waals surface area (Å²) in [5.41, 5.74) is 0.670. The number of nitrogens with one attached hydrogen (secondary N) is 1. The molecule has 2 N–H and O–H groups in total. The van der Waals surface area contributed by atoms with Crippen LogP contribution in [0.1, 0.15) is 18.6 Å². The van der Waals surface area contributed by atoms with E-state index >= 15 is 0 Å². The van der Waals surface area contributed by atoms with E-state index < -0.39 is 17.8 Å². The normalized spacial score (nSPS) is 13.2. The van der Waals surface area contributed by atoms with E-state index in [9.17, 15) is 14.7 Å². The minimum Gasteiger partial charge on any atom is -0.481 e. The van der Waals surface area contributed by atoms with Crippen LogP contribution in [-0.2, 0) is 4.79 Å². The van der Waals surface area contributed by atoms with Crippen LogP contribution in [0, 0.1) is 0 Å². The molecule has 6 heteroatoms. The van der Waals surface area contributed by atoms with Crippen LogP contribution < -0.4 is 15.7 Å². The molecule has 2 atom stereocenters. The molecule has 0 fully saturated rings. The van der Waals surface area contributed by atoms with Crippen molar-refractivity contribution < 1.29 is 19.1 Å². The quantitative estimate of drug-likeness (QED) is 0.665. The van der Waals surface area contributed by atoms with Crippen molar-refractivity contribution in [3.63, 3.8) is 0 Å². The van der Waals surface area contributed by atoms with Crippen LogP contribution in [-0.4, -0.2) is 23.7 Å². The Morgan fingerprint density at radius 3 is 2.65 bits per heavy atom. The molecule has 0 aliphatic rings. The molecule has 0 aliphatic carbocycles. The van der Waals surface area contributed by atoms with Crippen LogP contribution in [0.4, 0.5) is 0 Å². The Morgan fingerprint density at radius 2 is 1.88 bits per heavy atom. The molecule has 1 heterocycles. The highest BCUT2D eigenvalue weighted by Crippen LogP contribution is 2.20. The minimum atomic E-state index is -0.790. The summed E-state index contributed by atoms with van der Waals surface area (Å²) in [7, 11) is 0. The highest BCUT2D eigenvalue weighted by atomic mass is 16.5. The number of rotatable bonds is 6. The van der Waals surface area contributed by atoms with Gasteiger partial charge in [0.25, 0.3) is 5.91 Å². The second-order valence-electron chi connectivity index (χ2n) is 5.89. The van der Waals surface area contributed by atoms with Gasteiger partial charge in [0.2, 0.25) is 0 Å². The van der Waals surface area contributed by atoms with Crippen LogP contribution in [0.15, 0.2) is 69.9 Å². The summed E-state index contributed by atoms with van der Waals surface area (Å²) < 4.78 is 10.7. The molecule has 0 aliphatic heterocycles. The number of aliphatic hydroxyl groups is 1. The SMILES string of the molecule is CC(Oc1ccc2ccc(=O)oc2c1)C(=O)NCC(O)c1ccccc1. The van der Waals surface area contributed by atoms with E-state index in [0.717, 1.165) is 10.9 Å². The molecule has 3 aromatic rings. The van der Waals surface area contributed by atoms with Crippen molar-refractivity contribution in [2.24, 2.45) is 0 Å². The topological polar surface area (TPSA) is 88.8 Å². The van der Waals surface area contributed by atoms with Gasteiger partial charge in [-0.25, -0.2) is 4.79 Å². The standard InChI is InChI=1S/C20H19NO5/c1-13(20(24)21-12-17(22)14-5-3-2-4-6-14)25-16-9-7-15-8-10-19(23)26-18(15)11-16/h2-11,13,17,22H,12H2,1H3,(H,21,24). The number of aliphatic hydroxyl groups excluding tert-OH is 1. The Labute approximate surface area is 150 Å². The van der Waals surface area contributed by atoms with Crippen molar-refractivity contribution in [1.82, 2.24) is 5.32 Å². The predicted molar refractivity (Wildman–Crippen MR) is 97.0 cm³/mol. The highest BCUT2D eigenvalue weighted by molar-refractivity contribution is 5.81. The van der Waals surface area contributed by atoms with Gasteiger partial charge in [0, 0.05) is 24.1 Å². The van der Waals surface area contributed by atoms with E-state index in [1.165, 1.54) is 6.07 Å². The van der Waals surface area contributed by atoms with E-state index in [0.29, 0.717) is 11.3 Å². The lowest BCUT2D eigenvalue weighted by atomic mass is 10.1. The van der Waals surface area contributed by atoms with Crippen molar-refractivity contribution in [3.8, 4) is 5.75 Å². The molecule has 3 rings (SSSR count). The second kappa shape index (κ2) is 7.84. The molecule has 6 nitrogen and oxygen atoms in total. The van der Waals surface area contributed by atoms with Crippen LogP contribution in [0.2, 0.25) is 0 Å². The first kappa shape index (κ1) is 17.7. The molecule has 1 amide bonds. The zero-order valence-corrected chi connectivity index (χ0v) is 14.2. The first-order valence-electron chi connectivity index (χ1n) is 8.24. The highest BCUT2D eigenvalue weighted by Gasteiger charge is 2.17. The molecular formula is C20H19NO5. The second-order valence-corrected chi connectivity index (χ2v) is 5.89.